The fourth-order valence-electron chi connectivity index (χ4n) is 3.84. The van der Waals surface area contributed by atoms with Crippen molar-refractivity contribution in [2.45, 2.75) is 64.5 Å². The van der Waals surface area contributed by atoms with Crippen molar-refractivity contribution in [2.24, 2.45) is 5.92 Å². The largest absolute Gasteiger partial charge is 0.392 e. The van der Waals surface area contributed by atoms with Crippen LogP contribution >= 0.6 is 0 Å². The van der Waals surface area contributed by atoms with Gasteiger partial charge in [0.2, 0.25) is 0 Å². The lowest BCUT2D eigenvalue weighted by molar-refractivity contribution is -0.119. The Balaban J connectivity index is 1.94. The zero-order chi connectivity index (χ0) is 16.4. The summed E-state index contributed by atoms with van der Waals surface area (Å²) in [5.74, 6) is 0.442. The maximum atomic E-state index is 12.7. The smallest absolute Gasteiger partial charge is 0.160 e. The second-order valence-electron chi connectivity index (χ2n) is 7.63. The Kier molecular flexibility index (Phi) is 4.58. The number of carbonyl (C=O) groups is 1. The van der Waals surface area contributed by atoms with Crippen LogP contribution in [-0.4, -0.2) is 16.4 Å². The molecular weight excluding hydrogens is 286 g/mol. The number of aliphatic hydroxyl groups is 1. The van der Waals surface area contributed by atoms with Gasteiger partial charge in [0.05, 0.1) is 6.61 Å². The summed E-state index contributed by atoms with van der Waals surface area (Å²) in [6.07, 6.45) is 8.38. The third kappa shape index (κ3) is 3.66. The Bertz CT molecular complexity index is 625. The summed E-state index contributed by atoms with van der Waals surface area (Å²) < 4.78 is 0. The van der Waals surface area contributed by atoms with Gasteiger partial charge in [0.15, 0.2) is 5.78 Å². The first-order valence-corrected chi connectivity index (χ1v) is 8.75. The average Bonchev–Trinajstić information content (AvgIpc) is 2.54. The zero-order valence-electron chi connectivity index (χ0n) is 14.2. The molecule has 1 aromatic carbocycles. The van der Waals surface area contributed by atoms with Gasteiger partial charge >= 0.3 is 0 Å². The van der Waals surface area contributed by atoms with Gasteiger partial charge in [-0.25, -0.2) is 0 Å². The predicted molar refractivity (Wildman–Crippen MR) is 92.8 cm³/mol. The zero-order valence-corrected chi connectivity index (χ0v) is 14.2. The van der Waals surface area contributed by atoms with E-state index in [1.54, 1.807) is 0 Å². The molecule has 3 heteroatoms. The number of nitrogens with one attached hydrogen (secondary N) is 1. The molecule has 0 spiro atoms. The predicted octanol–water partition coefficient (Wildman–Crippen LogP) is 3.59. The molecule has 1 heterocycles. The van der Waals surface area contributed by atoms with Crippen molar-refractivity contribution in [3.05, 3.63) is 41.0 Å². The number of benzene rings is 1. The first-order chi connectivity index (χ1) is 11.0. The van der Waals surface area contributed by atoms with Crippen molar-refractivity contribution in [2.75, 3.05) is 0 Å². The molecule has 0 unspecified atom stereocenters. The van der Waals surface area contributed by atoms with Gasteiger partial charge in [-0.2, -0.15) is 0 Å². The summed E-state index contributed by atoms with van der Waals surface area (Å²) in [7, 11) is 0. The van der Waals surface area contributed by atoms with E-state index < -0.39 is 0 Å². The summed E-state index contributed by atoms with van der Waals surface area (Å²) in [5.41, 5.74) is 4.06. The number of hydrogen-bond acceptors (Lipinski definition) is 3. The fourth-order valence-corrected chi connectivity index (χ4v) is 3.84. The van der Waals surface area contributed by atoms with Crippen molar-refractivity contribution >= 4 is 11.5 Å². The maximum absolute atomic E-state index is 12.7. The molecule has 0 atom stereocenters. The Labute approximate surface area is 138 Å². The third-order valence-electron chi connectivity index (χ3n) is 5.05. The number of hydrogen-bond donors (Lipinski definition) is 2. The van der Waals surface area contributed by atoms with E-state index in [4.69, 9.17) is 0 Å². The average molecular weight is 313 g/mol. The van der Waals surface area contributed by atoms with E-state index in [9.17, 15) is 9.90 Å². The molecule has 0 aromatic heterocycles. The summed E-state index contributed by atoms with van der Waals surface area (Å²) >= 11 is 0. The topological polar surface area (TPSA) is 49.3 Å². The van der Waals surface area contributed by atoms with Gasteiger partial charge in [-0.15, -0.1) is 0 Å². The molecule has 0 bridgehead atoms. The second kappa shape index (κ2) is 6.48. The highest BCUT2D eigenvalue weighted by molar-refractivity contribution is 5.98. The van der Waals surface area contributed by atoms with Crippen LogP contribution in [0.15, 0.2) is 24.3 Å². The molecule has 2 N–H and O–H groups in total. The van der Waals surface area contributed by atoms with Gasteiger partial charge in [-0.1, -0.05) is 31.4 Å². The SMILES string of the molecule is CC1(C)Cc2ccc(CO)cc2/C(=C/C(=O)C2CCCCC2)N1. The Morgan fingerprint density at radius 1 is 1.30 bits per heavy atom. The van der Waals surface area contributed by atoms with E-state index in [-0.39, 0.29) is 23.8 Å². The molecule has 23 heavy (non-hydrogen) atoms. The van der Waals surface area contributed by atoms with E-state index in [0.29, 0.717) is 0 Å². The Morgan fingerprint density at radius 2 is 2.04 bits per heavy atom. The van der Waals surface area contributed by atoms with Crippen LogP contribution in [0, 0.1) is 5.92 Å². The van der Waals surface area contributed by atoms with Crippen LogP contribution in [0.2, 0.25) is 0 Å². The highest BCUT2D eigenvalue weighted by Crippen LogP contribution is 2.32. The molecule has 3 nitrogen and oxygen atoms in total. The number of fused-ring (bicyclic) bond motifs is 1. The van der Waals surface area contributed by atoms with Crippen molar-refractivity contribution < 1.29 is 9.90 Å². The Morgan fingerprint density at radius 3 is 2.74 bits per heavy atom. The number of aliphatic hydroxyl groups excluding tert-OH is 1. The van der Waals surface area contributed by atoms with Gasteiger partial charge in [-0.05, 0) is 50.3 Å². The monoisotopic (exact) mass is 313 g/mol. The second-order valence-corrected chi connectivity index (χ2v) is 7.63. The minimum Gasteiger partial charge on any atom is -0.392 e. The van der Waals surface area contributed by atoms with E-state index in [1.807, 2.05) is 18.2 Å². The summed E-state index contributed by atoms with van der Waals surface area (Å²) in [6.45, 7) is 4.35. The first kappa shape index (κ1) is 16.3. The molecule has 1 saturated carbocycles. The van der Waals surface area contributed by atoms with Crippen LogP contribution < -0.4 is 5.32 Å². The summed E-state index contributed by atoms with van der Waals surface area (Å²) in [5, 5.41) is 12.9. The van der Waals surface area contributed by atoms with Gasteiger partial charge in [-0.3, -0.25) is 4.79 Å². The quantitative estimate of drug-likeness (QED) is 0.838. The lowest BCUT2D eigenvalue weighted by atomic mass is 9.82. The molecule has 0 amide bonds. The van der Waals surface area contributed by atoms with E-state index in [1.165, 1.54) is 24.8 Å². The van der Waals surface area contributed by atoms with Crippen LogP contribution in [0.25, 0.3) is 5.70 Å². The standard InChI is InChI=1S/C20H27NO2/c1-20(2)12-16-9-8-14(13-22)10-17(16)18(21-20)11-19(23)15-6-4-3-5-7-15/h8-11,15,21-22H,3-7,12-13H2,1-2H3/b18-11-. The van der Waals surface area contributed by atoms with Crippen LogP contribution in [0.1, 0.15) is 62.6 Å². The maximum Gasteiger partial charge on any atom is 0.160 e. The van der Waals surface area contributed by atoms with Gasteiger partial charge in [0.1, 0.15) is 0 Å². The van der Waals surface area contributed by atoms with Gasteiger partial charge in [0.25, 0.3) is 0 Å². The molecule has 2 aliphatic rings. The van der Waals surface area contributed by atoms with Gasteiger partial charge in [0, 0.05) is 28.8 Å². The molecular formula is C20H27NO2. The molecule has 3 rings (SSSR count). The highest BCUT2D eigenvalue weighted by atomic mass is 16.3. The molecule has 1 fully saturated rings. The van der Waals surface area contributed by atoms with Crippen molar-refractivity contribution in [3.8, 4) is 0 Å². The summed E-state index contributed by atoms with van der Waals surface area (Å²) in [4.78, 5) is 12.7. The van der Waals surface area contributed by atoms with Crippen molar-refractivity contribution in [1.29, 1.82) is 0 Å². The third-order valence-corrected chi connectivity index (χ3v) is 5.05. The fraction of sp³-hybridized carbons (Fsp3) is 0.550. The van der Waals surface area contributed by atoms with Crippen LogP contribution in [0.5, 0.6) is 0 Å². The number of ketones is 1. The number of allylic oxidation sites excluding steroid dienone is 1. The van der Waals surface area contributed by atoms with Crippen LogP contribution in [-0.2, 0) is 17.8 Å². The normalized spacial score (nSPS) is 22.5. The van der Waals surface area contributed by atoms with E-state index in [0.717, 1.165) is 36.1 Å². The summed E-state index contributed by atoms with van der Waals surface area (Å²) in [6, 6.07) is 6.07. The van der Waals surface area contributed by atoms with E-state index >= 15 is 0 Å². The number of carbonyl (C=O) groups excluding carboxylic acids is 1. The number of rotatable bonds is 3. The minimum atomic E-state index is -0.0631. The Hall–Kier alpha value is -1.61. The first-order valence-electron chi connectivity index (χ1n) is 8.75. The lowest BCUT2D eigenvalue weighted by Crippen LogP contribution is -2.44. The molecule has 124 valence electrons. The molecule has 1 aromatic rings. The van der Waals surface area contributed by atoms with Crippen LogP contribution in [0.3, 0.4) is 0 Å². The lowest BCUT2D eigenvalue weighted by Gasteiger charge is -2.36. The minimum absolute atomic E-state index is 0.0283. The molecule has 0 radical (unpaired) electrons. The molecule has 0 saturated heterocycles. The molecule has 1 aliphatic heterocycles. The van der Waals surface area contributed by atoms with Crippen LogP contribution in [0.4, 0.5) is 0 Å². The van der Waals surface area contributed by atoms with E-state index in [2.05, 4.69) is 25.2 Å². The van der Waals surface area contributed by atoms with Crippen molar-refractivity contribution in [1.82, 2.24) is 5.32 Å². The van der Waals surface area contributed by atoms with Crippen molar-refractivity contribution in [3.63, 3.8) is 0 Å². The molecule has 1 aliphatic carbocycles. The van der Waals surface area contributed by atoms with Gasteiger partial charge < -0.3 is 10.4 Å². The highest BCUT2D eigenvalue weighted by Gasteiger charge is 2.29.